The predicted octanol–water partition coefficient (Wildman–Crippen LogP) is 2.56. The van der Waals surface area contributed by atoms with Crippen molar-refractivity contribution in [2.75, 3.05) is 47.1 Å². The van der Waals surface area contributed by atoms with E-state index < -0.39 is 0 Å². The molecule has 5 heteroatoms. The lowest BCUT2D eigenvalue weighted by Gasteiger charge is -2.11. The van der Waals surface area contributed by atoms with Crippen LogP contribution in [-0.2, 0) is 15.9 Å². The molecule has 0 bridgehead atoms. The van der Waals surface area contributed by atoms with Crippen LogP contribution in [0.5, 0.6) is 5.75 Å². The fourth-order valence-corrected chi connectivity index (χ4v) is 2.20. The Kier molecular flexibility index (Phi) is 8.85. The van der Waals surface area contributed by atoms with Gasteiger partial charge in [-0.1, -0.05) is 15.9 Å². The summed E-state index contributed by atoms with van der Waals surface area (Å²) in [6.07, 6.45) is 0.847. The zero-order valence-corrected chi connectivity index (χ0v) is 14.1. The van der Waals surface area contributed by atoms with E-state index in [1.807, 2.05) is 6.07 Å². The van der Waals surface area contributed by atoms with Gasteiger partial charge in [-0.25, -0.2) is 0 Å². The third-order valence-electron chi connectivity index (χ3n) is 2.98. The fraction of sp³-hybridized carbons (Fsp3) is 0.600. The van der Waals surface area contributed by atoms with E-state index in [-0.39, 0.29) is 0 Å². The van der Waals surface area contributed by atoms with Crippen molar-refractivity contribution >= 4 is 15.9 Å². The molecule has 0 aromatic heterocycles. The first kappa shape index (κ1) is 17.4. The summed E-state index contributed by atoms with van der Waals surface area (Å²) in [5.74, 6) is 0.924. The lowest BCUT2D eigenvalue weighted by Crippen LogP contribution is -2.23. The molecule has 0 saturated carbocycles. The monoisotopic (exact) mass is 345 g/mol. The smallest absolute Gasteiger partial charge is 0.122 e. The molecule has 0 spiro atoms. The lowest BCUT2D eigenvalue weighted by atomic mass is 10.1. The second kappa shape index (κ2) is 10.2. The van der Waals surface area contributed by atoms with Gasteiger partial charge in [0, 0.05) is 24.7 Å². The quantitative estimate of drug-likeness (QED) is 0.661. The summed E-state index contributed by atoms with van der Waals surface area (Å²) in [4.78, 5) is 0. The van der Waals surface area contributed by atoms with Crippen molar-refractivity contribution in [3.05, 3.63) is 27.7 Å². The van der Waals surface area contributed by atoms with E-state index in [2.05, 4.69) is 34.2 Å². The first-order chi connectivity index (χ1) is 9.69. The van der Waals surface area contributed by atoms with Crippen molar-refractivity contribution in [1.29, 1.82) is 0 Å². The molecule has 114 valence electrons. The zero-order valence-electron chi connectivity index (χ0n) is 12.5. The van der Waals surface area contributed by atoms with E-state index in [1.165, 1.54) is 5.56 Å². The van der Waals surface area contributed by atoms with E-state index in [1.54, 1.807) is 14.2 Å². The molecule has 0 fully saturated rings. The van der Waals surface area contributed by atoms with E-state index in [9.17, 15) is 0 Å². The normalized spacial score (nSPS) is 10.8. The molecule has 0 saturated heterocycles. The molecule has 0 aliphatic rings. The van der Waals surface area contributed by atoms with Crippen molar-refractivity contribution in [3.63, 3.8) is 0 Å². The standard InChI is InChI=1S/C15H24BrNO3/c1-12-10-15(19-3)13(11-14(12)16)4-7-20-9-6-17-5-8-18-2/h10-11,17H,4-9H2,1-3H3. The van der Waals surface area contributed by atoms with Gasteiger partial charge in [0.25, 0.3) is 0 Å². The predicted molar refractivity (Wildman–Crippen MR) is 84.7 cm³/mol. The Morgan fingerprint density at radius 1 is 1.10 bits per heavy atom. The molecule has 1 aromatic rings. The van der Waals surface area contributed by atoms with Gasteiger partial charge in [-0.3, -0.25) is 0 Å². The van der Waals surface area contributed by atoms with Gasteiger partial charge < -0.3 is 19.5 Å². The highest BCUT2D eigenvalue weighted by Gasteiger charge is 2.06. The minimum Gasteiger partial charge on any atom is -0.496 e. The Hall–Kier alpha value is -0.620. The second-order valence-electron chi connectivity index (χ2n) is 4.52. The van der Waals surface area contributed by atoms with Gasteiger partial charge in [0.2, 0.25) is 0 Å². The largest absolute Gasteiger partial charge is 0.496 e. The topological polar surface area (TPSA) is 39.7 Å². The Labute approximate surface area is 129 Å². The van der Waals surface area contributed by atoms with E-state index in [0.29, 0.717) is 13.2 Å². The van der Waals surface area contributed by atoms with E-state index in [0.717, 1.165) is 41.9 Å². The molecule has 1 N–H and O–H groups in total. The second-order valence-corrected chi connectivity index (χ2v) is 5.37. The van der Waals surface area contributed by atoms with Gasteiger partial charge in [0.15, 0.2) is 0 Å². The molecule has 0 aliphatic heterocycles. The molecular formula is C15H24BrNO3. The van der Waals surface area contributed by atoms with E-state index >= 15 is 0 Å². The van der Waals surface area contributed by atoms with Crippen LogP contribution < -0.4 is 10.1 Å². The molecule has 1 aromatic carbocycles. The fourth-order valence-electron chi connectivity index (χ4n) is 1.81. The molecule has 20 heavy (non-hydrogen) atoms. The number of hydrogen-bond acceptors (Lipinski definition) is 4. The van der Waals surface area contributed by atoms with E-state index in [4.69, 9.17) is 14.2 Å². The molecule has 0 aliphatic carbocycles. The van der Waals surface area contributed by atoms with Crippen molar-refractivity contribution in [3.8, 4) is 5.75 Å². The van der Waals surface area contributed by atoms with Gasteiger partial charge in [0.1, 0.15) is 5.75 Å². The van der Waals surface area contributed by atoms with Crippen molar-refractivity contribution in [2.24, 2.45) is 0 Å². The molecule has 0 amide bonds. The molecule has 1 rings (SSSR count). The Balaban J connectivity index is 2.26. The maximum Gasteiger partial charge on any atom is 0.122 e. The molecule has 0 unspecified atom stereocenters. The molecular weight excluding hydrogens is 322 g/mol. The number of methoxy groups -OCH3 is 2. The first-order valence-corrected chi connectivity index (χ1v) is 7.58. The zero-order chi connectivity index (χ0) is 14.8. The summed E-state index contributed by atoms with van der Waals surface area (Å²) < 4.78 is 17.1. The number of ether oxygens (including phenoxy) is 3. The summed E-state index contributed by atoms with van der Waals surface area (Å²) in [5.41, 5.74) is 2.34. The number of nitrogens with one attached hydrogen (secondary N) is 1. The summed E-state index contributed by atoms with van der Waals surface area (Å²) in [6.45, 7) is 5.89. The summed E-state index contributed by atoms with van der Waals surface area (Å²) >= 11 is 3.55. The van der Waals surface area contributed by atoms with Gasteiger partial charge in [-0.15, -0.1) is 0 Å². The molecule has 4 nitrogen and oxygen atoms in total. The minimum atomic E-state index is 0.692. The van der Waals surface area contributed by atoms with Crippen LogP contribution in [0.4, 0.5) is 0 Å². The van der Waals surface area contributed by atoms with Crippen LogP contribution >= 0.6 is 15.9 Å². The Bertz CT molecular complexity index is 399. The lowest BCUT2D eigenvalue weighted by molar-refractivity contribution is 0.135. The summed E-state index contributed by atoms with van der Waals surface area (Å²) in [6, 6.07) is 4.15. The average Bonchev–Trinajstić information content (AvgIpc) is 2.45. The van der Waals surface area contributed by atoms with Crippen LogP contribution in [-0.4, -0.2) is 47.1 Å². The average molecular weight is 346 g/mol. The molecule has 0 radical (unpaired) electrons. The highest BCUT2D eigenvalue weighted by atomic mass is 79.9. The van der Waals surface area contributed by atoms with Crippen LogP contribution in [0.3, 0.4) is 0 Å². The third-order valence-corrected chi connectivity index (χ3v) is 3.84. The third kappa shape index (κ3) is 6.22. The van der Waals surface area contributed by atoms with Crippen LogP contribution in [0.1, 0.15) is 11.1 Å². The number of benzene rings is 1. The number of rotatable bonds is 10. The number of aryl methyl sites for hydroxylation is 1. The number of hydrogen-bond donors (Lipinski definition) is 1. The van der Waals surface area contributed by atoms with Crippen molar-refractivity contribution < 1.29 is 14.2 Å². The van der Waals surface area contributed by atoms with Crippen LogP contribution in [0.2, 0.25) is 0 Å². The van der Waals surface area contributed by atoms with Gasteiger partial charge >= 0.3 is 0 Å². The van der Waals surface area contributed by atoms with Gasteiger partial charge in [0.05, 0.1) is 26.9 Å². The summed E-state index contributed by atoms with van der Waals surface area (Å²) in [5, 5.41) is 3.24. The Morgan fingerprint density at radius 3 is 2.55 bits per heavy atom. The Morgan fingerprint density at radius 2 is 1.85 bits per heavy atom. The van der Waals surface area contributed by atoms with Crippen molar-refractivity contribution in [2.45, 2.75) is 13.3 Å². The first-order valence-electron chi connectivity index (χ1n) is 6.79. The highest BCUT2D eigenvalue weighted by molar-refractivity contribution is 9.10. The highest BCUT2D eigenvalue weighted by Crippen LogP contribution is 2.27. The van der Waals surface area contributed by atoms with Crippen LogP contribution in [0, 0.1) is 6.92 Å². The number of halogens is 1. The van der Waals surface area contributed by atoms with Gasteiger partial charge in [-0.05, 0) is 36.6 Å². The summed E-state index contributed by atoms with van der Waals surface area (Å²) in [7, 11) is 3.40. The minimum absolute atomic E-state index is 0.692. The van der Waals surface area contributed by atoms with Gasteiger partial charge in [-0.2, -0.15) is 0 Å². The van der Waals surface area contributed by atoms with Crippen molar-refractivity contribution in [1.82, 2.24) is 5.32 Å². The SMILES string of the molecule is COCCNCCOCCc1cc(Br)c(C)cc1OC. The maximum atomic E-state index is 5.61. The molecule has 0 heterocycles. The maximum absolute atomic E-state index is 5.61. The molecule has 0 atom stereocenters. The van der Waals surface area contributed by atoms with Crippen LogP contribution in [0.15, 0.2) is 16.6 Å². The van der Waals surface area contributed by atoms with Crippen LogP contribution in [0.25, 0.3) is 0 Å².